The summed E-state index contributed by atoms with van der Waals surface area (Å²) in [6, 6.07) is 0.559. The molecule has 17 heavy (non-hydrogen) atoms. The van der Waals surface area contributed by atoms with Crippen LogP contribution in [0.5, 0.6) is 0 Å². The van der Waals surface area contributed by atoms with Gasteiger partial charge in [-0.25, -0.2) is 0 Å². The van der Waals surface area contributed by atoms with Gasteiger partial charge in [-0.15, -0.1) is 0 Å². The second-order valence-corrected chi connectivity index (χ2v) is 6.07. The maximum absolute atomic E-state index is 5.39. The second kappa shape index (κ2) is 5.34. The minimum absolute atomic E-state index is 0.434. The minimum atomic E-state index is 0.434. The molecule has 3 nitrogen and oxygen atoms in total. The Labute approximate surface area is 109 Å². The lowest BCUT2D eigenvalue weighted by atomic mass is 10.0. The summed E-state index contributed by atoms with van der Waals surface area (Å²) in [5.74, 6) is 2.42. The van der Waals surface area contributed by atoms with Crippen molar-refractivity contribution in [1.82, 2.24) is 14.8 Å². The molecule has 1 saturated carbocycles. The van der Waals surface area contributed by atoms with E-state index in [4.69, 9.17) is 12.2 Å². The topological polar surface area (TPSA) is 33.6 Å². The quantitative estimate of drug-likeness (QED) is 0.633. The van der Waals surface area contributed by atoms with E-state index in [2.05, 4.69) is 35.5 Å². The second-order valence-electron chi connectivity index (χ2n) is 5.68. The number of nitrogens with zero attached hydrogens (tertiary/aromatic N) is 2. The predicted molar refractivity (Wildman–Crippen MR) is 72.8 cm³/mol. The maximum Gasteiger partial charge on any atom is 0.195 e. The summed E-state index contributed by atoms with van der Waals surface area (Å²) in [6.07, 6.45) is 6.48. The zero-order valence-electron chi connectivity index (χ0n) is 11.1. The van der Waals surface area contributed by atoms with Crippen molar-refractivity contribution in [3.63, 3.8) is 0 Å². The van der Waals surface area contributed by atoms with E-state index in [0.29, 0.717) is 12.0 Å². The summed E-state index contributed by atoms with van der Waals surface area (Å²) in [5.41, 5.74) is 0. The molecule has 4 heteroatoms. The van der Waals surface area contributed by atoms with E-state index in [-0.39, 0.29) is 0 Å². The SMILES string of the molecule is CC1CCCC(n2c(C(C)C)n[nH]c2=S)CC1. The van der Waals surface area contributed by atoms with E-state index in [1.807, 2.05) is 0 Å². The summed E-state index contributed by atoms with van der Waals surface area (Å²) >= 11 is 5.39. The smallest absolute Gasteiger partial charge is 0.195 e. The van der Waals surface area contributed by atoms with E-state index in [0.717, 1.165) is 16.5 Å². The molecule has 1 aromatic heterocycles. The molecule has 0 aromatic carbocycles. The van der Waals surface area contributed by atoms with Crippen LogP contribution in [0, 0.1) is 10.7 Å². The molecule has 0 aliphatic heterocycles. The third-order valence-electron chi connectivity index (χ3n) is 3.84. The predicted octanol–water partition coefficient (Wildman–Crippen LogP) is 4.21. The average molecular weight is 253 g/mol. The van der Waals surface area contributed by atoms with Gasteiger partial charge in [-0.3, -0.25) is 5.10 Å². The zero-order valence-corrected chi connectivity index (χ0v) is 11.9. The van der Waals surface area contributed by atoms with Crippen LogP contribution < -0.4 is 0 Å². The van der Waals surface area contributed by atoms with Crippen molar-refractivity contribution in [3.8, 4) is 0 Å². The van der Waals surface area contributed by atoms with Crippen molar-refractivity contribution in [3.05, 3.63) is 10.6 Å². The summed E-state index contributed by atoms with van der Waals surface area (Å²) < 4.78 is 3.08. The normalized spacial score (nSPS) is 26.1. The molecule has 1 aromatic rings. The number of nitrogens with one attached hydrogen (secondary N) is 1. The Bertz CT molecular complexity index is 419. The summed E-state index contributed by atoms with van der Waals surface area (Å²) in [6.45, 7) is 6.72. The number of rotatable bonds is 2. The first kappa shape index (κ1) is 12.8. The van der Waals surface area contributed by atoms with Crippen LogP contribution in [0.1, 0.15) is 70.7 Å². The third kappa shape index (κ3) is 2.79. The van der Waals surface area contributed by atoms with Gasteiger partial charge in [0.15, 0.2) is 4.77 Å². The highest BCUT2D eigenvalue weighted by Crippen LogP contribution is 2.32. The highest BCUT2D eigenvalue weighted by molar-refractivity contribution is 7.71. The molecule has 1 heterocycles. The number of H-pyrrole nitrogens is 1. The number of hydrogen-bond acceptors (Lipinski definition) is 2. The van der Waals surface area contributed by atoms with E-state index in [9.17, 15) is 0 Å². The van der Waals surface area contributed by atoms with Crippen molar-refractivity contribution < 1.29 is 0 Å². The standard InChI is InChI=1S/C13H23N3S/c1-9(2)12-14-15-13(17)16(12)11-6-4-5-10(3)7-8-11/h9-11H,4-8H2,1-3H3,(H,15,17). The summed E-state index contributed by atoms with van der Waals surface area (Å²) in [5, 5.41) is 7.35. The van der Waals surface area contributed by atoms with Gasteiger partial charge in [-0.2, -0.15) is 5.10 Å². The molecular weight excluding hydrogens is 230 g/mol. The Morgan fingerprint density at radius 3 is 2.76 bits per heavy atom. The molecule has 0 radical (unpaired) electrons. The van der Waals surface area contributed by atoms with Gasteiger partial charge in [-0.05, 0) is 37.4 Å². The lowest BCUT2D eigenvalue weighted by Crippen LogP contribution is -2.13. The molecular formula is C13H23N3S. The highest BCUT2D eigenvalue weighted by Gasteiger charge is 2.22. The van der Waals surface area contributed by atoms with Gasteiger partial charge in [0.25, 0.3) is 0 Å². The van der Waals surface area contributed by atoms with E-state index < -0.39 is 0 Å². The van der Waals surface area contributed by atoms with Crippen LogP contribution in [0.25, 0.3) is 0 Å². The summed E-state index contributed by atoms with van der Waals surface area (Å²) in [7, 11) is 0. The van der Waals surface area contributed by atoms with Crippen LogP contribution in [-0.4, -0.2) is 14.8 Å². The first-order valence-corrected chi connectivity index (χ1v) is 7.17. The van der Waals surface area contributed by atoms with Gasteiger partial charge in [0.2, 0.25) is 0 Å². The number of aromatic nitrogens is 3. The van der Waals surface area contributed by atoms with Crippen LogP contribution in [0.4, 0.5) is 0 Å². The molecule has 0 saturated heterocycles. The van der Waals surface area contributed by atoms with E-state index in [1.54, 1.807) is 0 Å². The molecule has 1 fully saturated rings. The van der Waals surface area contributed by atoms with Gasteiger partial charge >= 0.3 is 0 Å². The van der Waals surface area contributed by atoms with Gasteiger partial charge in [0.05, 0.1) is 0 Å². The molecule has 2 rings (SSSR count). The first-order valence-electron chi connectivity index (χ1n) is 6.76. The molecule has 2 atom stereocenters. The fourth-order valence-corrected chi connectivity index (χ4v) is 3.09. The first-order chi connectivity index (χ1) is 8.09. The molecule has 0 spiro atoms. The van der Waals surface area contributed by atoms with Crippen molar-refractivity contribution in [2.45, 2.75) is 64.8 Å². The molecule has 1 aliphatic rings. The Kier molecular flexibility index (Phi) is 4.02. The Hall–Kier alpha value is -0.640. The van der Waals surface area contributed by atoms with Crippen molar-refractivity contribution in [2.75, 3.05) is 0 Å². The lowest BCUT2D eigenvalue weighted by molar-refractivity contribution is 0.411. The monoisotopic (exact) mass is 253 g/mol. The highest BCUT2D eigenvalue weighted by atomic mass is 32.1. The van der Waals surface area contributed by atoms with Crippen molar-refractivity contribution in [2.24, 2.45) is 5.92 Å². The maximum atomic E-state index is 5.39. The molecule has 0 bridgehead atoms. The molecule has 1 aliphatic carbocycles. The Morgan fingerprint density at radius 2 is 2.06 bits per heavy atom. The van der Waals surface area contributed by atoms with Crippen LogP contribution in [0.2, 0.25) is 0 Å². The fraction of sp³-hybridized carbons (Fsp3) is 0.846. The van der Waals surface area contributed by atoms with Crippen molar-refractivity contribution in [1.29, 1.82) is 0 Å². The van der Waals surface area contributed by atoms with Gasteiger partial charge in [0.1, 0.15) is 5.82 Å². The van der Waals surface area contributed by atoms with Crippen LogP contribution in [0.3, 0.4) is 0 Å². The summed E-state index contributed by atoms with van der Waals surface area (Å²) in [4.78, 5) is 0. The van der Waals surface area contributed by atoms with Gasteiger partial charge < -0.3 is 4.57 Å². The van der Waals surface area contributed by atoms with Crippen LogP contribution in [-0.2, 0) is 0 Å². The lowest BCUT2D eigenvalue weighted by Gasteiger charge is -2.19. The largest absolute Gasteiger partial charge is 0.301 e. The molecule has 0 amide bonds. The zero-order chi connectivity index (χ0) is 12.4. The number of aromatic amines is 1. The molecule has 1 N–H and O–H groups in total. The van der Waals surface area contributed by atoms with E-state index in [1.165, 1.54) is 32.1 Å². The third-order valence-corrected chi connectivity index (χ3v) is 4.13. The Morgan fingerprint density at radius 1 is 1.29 bits per heavy atom. The fourth-order valence-electron chi connectivity index (χ4n) is 2.80. The minimum Gasteiger partial charge on any atom is -0.301 e. The molecule has 96 valence electrons. The average Bonchev–Trinajstić information content (AvgIpc) is 2.52. The number of hydrogen-bond donors (Lipinski definition) is 1. The Balaban J connectivity index is 2.26. The van der Waals surface area contributed by atoms with E-state index >= 15 is 0 Å². The van der Waals surface area contributed by atoms with Crippen molar-refractivity contribution >= 4 is 12.2 Å². The van der Waals surface area contributed by atoms with Gasteiger partial charge in [0, 0.05) is 12.0 Å². The van der Waals surface area contributed by atoms with Crippen LogP contribution >= 0.6 is 12.2 Å². The molecule has 2 unspecified atom stereocenters. The van der Waals surface area contributed by atoms with Gasteiger partial charge in [-0.1, -0.05) is 33.6 Å². The van der Waals surface area contributed by atoms with Crippen LogP contribution in [0.15, 0.2) is 0 Å².